The first-order valence-corrected chi connectivity index (χ1v) is 9.09. The molecule has 0 aliphatic carbocycles. The first-order chi connectivity index (χ1) is 13.0. The van der Waals surface area contributed by atoms with Crippen LogP contribution in [0.25, 0.3) is 11.3 Å². The van der Waals surface area contributed by atoms with E-state index in [-0.39, 0.29) is 18.8 Å². The Morgan fingerprint density at radius 1 is 1.04 bits per heavy atom. The van der Waals surface area contributed by atoms with Crippen LogP contribution in [-0.2, 0) is 19.1 Å². The average molecular weight is 370 g/mol. The van der Waals surface area contributed by atoms with E-state index in [4.69, 9.17) is 9.47 Å². The molecule has 0 amide bonds. The maximum atomic E-state index is 12.3. The summed E-state index contributed by atoms with van der Waals surface area (Å²) in [4.78, 5) is 29.7. The molecule has 0 bridgehead atoms. The topological polar surface area (TPSA) is 71.6 Å². The summed E-state index contributed by atoms with van der Waals surface area (Å²) in [5.41, 5.74) is 3.65. The number of hydrogen-bond acceptors (Lipinski definition) is 5. The maximum Gasteiger partial charge on any atom is 0.347 e. The van der Waals surface area contributed by atoms with E-state index in [9.17, 15) is 9.59 Å². The van der Waals surface area contributed by atoms with Gasteiger partial charge in [0.15, 0.2) is 5.57 Å². The summed E-state index contributed by atoms with van der Waals surface area (Å²) >= 11 is 0. The van der Waals surface area contributed by atoms with E-state index >= 15 is 0 Å². The molecule has 144 valence electrons. The van der Waals surface area contributed by atoms with Gasteiger partial charge in [0.2, 0.25) is 0 Å². The van der Waals surface area contributed by atoms with Gasteiger partial charge in [0, 0.05) is 24.0 Å². The molecule has 27 heavy (non-hydrogen) atoms. The molecule has 2 aromatic rings. The number of benzene rings is 1. The second-order valence-corrected chi connectivity index (χ2v) is 5.85. The standard InChI is InChI=1S/C21H26N2O4/c1-5-23(14-17(20(24)26-6-2)21(25)27-7-3)18-13-15(4)22-19(18)16-11-9-8-10-12-16/h8-14,22H,5-7H2,1-4H3. The molecule has 0 aliphatic rings. The lowest BCUT2D eigenvalue weighted by atomic mass is 10.1. The van der Waals surface area contributed by atoms with E-state index in [0.717, 1.165) is 22.6 Å². The fraction of sp³-hybridized carbons (Fsp3) is 0.333. The van der Waals surface area contributed by atoms with Gasteiger partial charge in [-0.1, -0.05) is 30.3 Å². The summed E-state index contributed by atoms with van der Waals surface area (Å²) in [6.07, 6.45) is 1.50. The van der Waals surface area contributed by atoms with Crippen molar-refractivity contribution in [3.8, 4) is 11.3 Å². The van der Waals surface area contributed by atoms with Gasteiger partial charge >= 0.3 is 11.9 Å². The van der Waals surface area contributed by atoms with E-state index in [1.165, 1.54) is 6.20 Å². The van der Waals surface area contributed by atoms with Crippen molar-refractivity contribution in [1.82, 2.24) is 4.98 Å². The molecule has 0 unspecified atom stereocenters. The third-order valence-electron chi connectivity index (χ3n) is 3.92. The number of nitrogens with one attached hydrogen (secondary N) is 1. The summed E-state index contributed by atoms with van der Waals surface area (Å²) in [6.45, 7) is 8.22. The van der Waals surface area contributed by atoms with Crippen molar-refractivity contribution in [2.75, 3.05) is 24.7 Å². The molecule has 1 heterocycles. The zero-order valence-electron chi connectivity index (χ0n) is 16.2. The van der Waals surface area contributed by atoms with Gasteiger partial charge in [0.05, 0.1) is 24.6 Å². The minimum Gasteiger partial charge on any atom is -0.462 e. The number of aromatic nitrogens is 1. The third-order valence-corrected chi connectivity index (χ3v) is 3.92. The van der Waals surface area contributed by atoms with Gasteiger partial charge in [-0.25, -0.2) is 9.59 Å². The monoisotopic (exact) mass is 370 g/mol. The first-order valence-electron chi connectivity index (χ1n) is 9.09. The molecule has 2 rings (SSSR count). The summed E-state index contributed by atoms with van der Waals surface area (Å²) in [6, 6.07) is 11.9. The molecular weight excluding hydrogens is 344 g/mol. The number of esters is 2. The molecule has 1 N–H and O–H groups in total. The van der Waals surface area contributed by atoms with Crippen LogP contribution < -0.4 is 4.90 Å². The van der Waals surface area contributed by atoms with Crippen LogP contribution in [0.3, 0.4) is 0 Å². The predicted molar refractivity (Wildman–Crippen MR) is 105 cm³/mol. The second-order valence-electron chi connectivity index (χ2n) is 5.85. The Balaban J connectivity index is 2.49. The van der Waals surface area contributed by atoms with Crippen molar-refractivity contribution in [2.24, 2.45) is 0 Å². The molecule has 0 atom stereocenters. The summed E-state index contributed by atoms with van der Waals surface area (Å²) in [5, 5.41) is 0. The fourth-order valence-electron chi connectivity index (χ4n) is 2.72. The number of carbonyl (C=O) groups excluding carboxylic acids is 2. The van der Waals surface area contributed by atoms with Gasteiger partial charge in [0.25, 0.3) is 0 Å². The van der Waals surface area contributed by atoms with E-state index < -0.39 is 11.9 Å². The second kappa shape index (κ2) is 9.62. The molecule has 6 heteroatoms. The normalized spacial score (nSPS) is 10.2. The van der Waals surface area contributed by atoms with Gasteiger partial charge in [-0.2, -0.15) is 0 Å². The Morgan fingerprint density at radius 3 is 2.15 bits per heavy atom. The quantitative estimate of drug-likeness (QED) is 0.331. The molecule has 0 saturated heterocycles. The van der Waals surface area contributed by atoms with Crippen molar-refractivity contribution >= 4 is 17.6 Å². The number of ether oxygens (including phenoxy) is 2. The van der Waals surface area contributed by atoms with Crippen molar-refractivity contribution in [3.05, 3.63) is 53.9 Å². The Bertz CT molecular complexity index is 789. The van der Waals surface area contributed by atoms with Crippen molar-refractivity contribution in [2.45, 2.75) is 27.7 Å². The highest BCUT2D eigenvalue weighted by molar-refractivity contribution is 6.14. The molecular formula is C21H26N2O4. The number of rotatable bonds is 8. The first kappa shape index (κ1) is 20.3. The molecule has 0 spiro atoms. The van der Waals surface area contributed by atoms with Gasteiger partial charge < -0.3 is 19.4 Å². The third kappa shape index (κ3) is 5.00. The lowest BCUT2D eigenvalue weighted by Crippen LogP contribution is -2.24. The average Bonchev–Trinajstić information content (AvgIpc) is 3.05. The number of hydrogen-bond donors (Lipinski definition) is 1. The van der Waals surface area contributed by atoms with Crippen LogP contribution in [0, 0.1) is 6.92 Å². The Morgan fingerprint density at radius 2 is 1.63 bits per heavy atom. The van der Waals surface area contributed by atoms with Crippen LogP contribution in [0.15, 0.2) is 48.2 Å². The molecule has 0 radical (unpaired) electrons. The Hall–Kier alpha value is -3.02. The highest BCUT2D eigenvalue weighted by Gasteiger charge is 2.23. The van der Waals surface area contributed by atoms with Crippen LogP contribution in [0.1, 0.15) is 26.5 Å². The van der Waals surface area contributed by atoms with Crippen LogP contribution in [0.2, 0.25) is 0 Å². The molecule has 0 saturated carbocycles. The minimum absolute atomic E-state index is 0.126. The number of anilines is 1. The highest BCUT2D eigenvalue weighted by atomic mass is 16.6. The largest absolute Gasteiger partial charge is 0.462 e. The zero-order chi connectivity index (χ0) is 19.8. The maximum absolute atomic E-state index is 12.3. The summed E-state index contributed by atoms with van der Waals surface area (Å²) < 4.78 is 10.1. The van der Waals surface area contributed by atoms with Crippen LogP contribution in [0.4, 0.5) is 5.69 Å². The van der Waals surface area contributed by atoms with E-state index in [2.05, 4.69) is 4.98 Å². The van der Waals surface area contributed by atoms with Gasteiger partial charge in [-0.3, -0.25) is 0 Å². The van der Waals surface area contributed by atoms with E-state index in [1.807, 2.05) is 55.1 Å². The van der Waals surface area contributed by atoms with Crippen molar-refractivity contribution < 1.29 is 19.1 Å². The molecule has 0 aliphatic heterocycles. The SMILES string of the molecule is CCOC(=O)C(=CN(CC)c1cc(C)[nH]c1-c1ccccc1)C(=O)OCC. The zero-order valence-corrected chi connectivity index (χ0v) is 16.2. The lowest BCUT2D eigenvalue weighted by molar-refractivity contribution is -0.146. The van der Waals surface area contributed by atoms with Crippen LogP contribution in [-0.4, -0.2) is 36.7 Å². The minimum atomic E-state index is -0.692. The number of nitrogens with zero attached hydrogens (tertiary/aromatic N) is 1. The van der Waals surface area contributed by atoms with Crippen molar-refractivity contribution in [1.29, 1.82) is 0 Å². The lowest BCUT2D eigenvalue weighted by Gasteiger charge is -2.20. The van der Waals surface area contributed by atoms with Gasteiger partial charge in [-0.15, -0.1) is 0 Å². The smallest absolute Gasteiger partial charge is 0.347 e. The van der Waals surface area contributed by atoms with E-state index in [0.29, 0.717) is 6.54 Å². The number of carbonyl (C=O) groups is 2. The van der Waals surface area contributed by atoms with Gasteiger partial charge in [0.1, 0.15) is 0 Å². The van der Waals surface area contributed by atoms with E-state index in [1.54, 1.807) is 13.8 Å². The molecule has 1 aromatic carbocycles. The molecule has 1 aromatic heterocycles. The highest BCUT2D eigenvalue weighted by Crippen LogP contribution is 2.32. The fourth-order valence-corrected chi connectivity index (χ4v) is 2.72. The Kier molecular flexibility index (Phi) is 7.23. The van der Waals surface area contributed by atoms with Crippen molar-refractivity contribution in [3.63, 3.8) is 0 Å². The van der Waals surface area contributed by atoms with Crippen LogP contribution in [0.5, 0.6) is 0 Å². The predicted octanol–water partition coefficient (Wildman–Crippen LogP) is 3.83. The summed E-state index contributed by atoms with van der Waals surface area (Å²) in [7, 11) is 0. The number of H-pyrrole nitrogens is 1. The summed E-state index contributed by atoms with van der Waals surface area (Å²) in [5.74, 6) is -1.38. The number of aryl methyl sites for hydroxylation is 1. The molecule has 0 fully saturated rings. The van der Waals surface area contributed by atoms with Gasteiger partial charge in [-0.05, 0) is 33.8 Å². The number of aromatic amines is 1. The van der Waals surface area contributed by atoms with Crippen LogP contribution >= 0.6 is 0 Å². The Labute approximate surface area is 159 Å². The molecule has 6 nitrogen and oxygen atoms in total.